The van der Waals surface area contributed by atoms with Crippen LogP contribution in [0.25, 0.3) is 11.0 Å². The van der Waals surface area contributed by atoms with Crippen LogP contribution >= 0.6 is 0 Å². The molecule has 0 atom stereocenters. The van der Waals surface area contributed by atoms with Crippen LogP contribution in [0.1, 0.15) is 81.0 Å². The molecule has 0 amide bonds. The first-order valence-corrected chi connectivity index (χ1v) is 11.0. The van der Waals surface area contributed by atoms with Gasteiger partial charge in [-0.2, -0.15) is 0 Å². The Morgan fingerprint density at radius 1 is 0.929 bits per heavy atom. The second kappa shape index (κ2) is 9.04. The van der Waals surface area contributed by atoms with E-state index < -0.39 is 5.63 Å². The summed E-state index contributed by atoms with van der Waals surface area (Å²) in [6, 6.07) is 10.3. The highest BCUT2D eigenvalue weighted by Crippen LogP contribution is 2.30. The number of ketones is 1. The molecule has 2 aliphatic rings. The normalized spacial score (nSPS) is 19.3. The van der Waals surface area contributed by atoms with Crippen LogP contribution in [0.15, 0.2) is 39.5 Å². The first-order chi connectivity index (χ1) is 13.7. The van der Waals surface area contributed by atoms with Gasteiger partial charge in [-0.25, -0.2) is 4.79 Å². The van der Waals surface area contributed by atoms with E-state index in [4.69, 9.17) is 4.42 Å². The van der Waals surface area contributed by atoms with Gasteiger partial charge in [0.05, 0.1) is 0 Å². The van der Waals surface area contributed by atoms with Crippen molar-refractivity contribution in [3.63, 3.8) is 0 Å². The molecule has 4 nitrogen and oxygen atoms in total. The Balaban J connectivity index is 1.49. The van der Waals surface area contributed by atoms with Gasteiger partial charge in [0.1, 0.15) is 11.1 Å². The lowest BCUT2D eigenvalue weighted by molar-refractivity contribution is 0.0722. The zero-order valence-corrected chi connectivity index (χ0v) is 16.7. The standard InChI is InChI=1S/C24H31NO3/c26-22(21-17-18-9-7-8-14-23(18)28-24(21)27)15-16-25(19-10-3-1-4-11-19)20-12-5-2-6-13-20/h7-9,14,17,19-20H,1-6,10-13,15-16H2. The number of nitrogens with zero attached hydrogens (tertiary/aromatic N) is 1. The van der Waals surface area contributed by atoms with Gasteiger partial charge < -0.3 is 4.42 Å². The van der Waals surface area contributed by atoms with E-state index in [1.54, 1.807) is 12.1 Å². The third-order valence-electron chi connectivity index (χ3n) is 6.63. The largest absolute Gasteiger partial charge is 0.422 e. The number of carbonyl (C=O) groups is 1. The molecule has 28 heavy (non-hydrogen) atoms. The van der Waals surface area contributed by atoms with Gasteiger partial charge in [-0.1, -0.05) is 56.7 Å². The Kier molecular flexibility index (Phi) is 6.26. The van der Waals surface area contributed by atoms with E-state index in [1.807, 2.05) is 18.2 Å². The van der Waals surface area contributed by atoms with Gasteiger partial charge in [0.25, 0.3) is 0 Å². The second-order valence-electron chi connectivity index (χ2n) is 8.48. The third kappa shape index (κ3) is 4.38. The van der Waals surface area contributed by atoms with Crippen molar-refractivity contribution < 1.29 is 9.21 Å². The highest BCUT2D eigenvalue weighted by molar-refractivity contribution is 5.98. The lowest BCUT2D eigenvalue weighted by atomic mass is 9.88. The molecule has 1 aromatic heterocycles. The SMILES string of the molecule is O=C(CCN(C1CCCCC1)C1CCCCC1)c1cc2ccccc2oc1=O. The maximum Gasteiger partial charge on any atom is 0.347 e. The van der Waals surface area contributed by atoms with Crippen molar-refractivity contribution in [3.05, 3.63) is 46.3 Å². The number of hydrogen-bond donors (Lipinski definition) is 0. The van der Waals surface area contributed by atoms with Gasteiger partial charge >= 0.3 is 5.63 Å². The van der Waals surface area contributed by atoms with Gasteiger partial charge in [-0.15, -0.1) is 0 Å². The fourth-order valence-corrected chi connectivity index (χ4v) is 5.11. The molecule has 0 spiro atoms. The second-order valence-corrected chi connectivity index (χ2v) is 8.48. The Labute approximate surface area is 166 Å². The molecule has 0 N–H and O–H groups in total. The maximum atomic E-state index is 12.9. The molecule has 0 unspecified atom stereocenters. The fraction of sp³-hybridized carbons (Fsp3) is 0.583. The summed E-state index contributed by atoms with van der Waals surface area (Å²) in [7, 11) is 0. The lowest BCUT2D eigenvalue weighted by Crippen LogP contribution is -2.46. The van der Waals surface area contributed by atoms with Crippen molar-refractivity contribution in [1.82, 2.24) is 4.90 Å². The van der Waals surface area contributed by atoms with E-state index in [-0.39, 0.29) is 11.3 Å². The third-order valence-corrected chi connectivity index (χ3v) is 6.63. The first kappa shape index (κ1) is 19.4. The molecule has 2 fully saturated rings. The number of hydrogen-bond acceptors (Lipinski definition) is 4. The minimum Gasteiger partial charge on any atom is -0.422 e. The van der Waals surface area contributed by atoms with Gasteiger partial charge in [0, 0.05) is 30.4 Å². The van der Waals surface area contributed by atoms with Crippen LogP contribution in [0.3, 0.4) is 0 Å². The molecule has 2 aromatic rings. The van der Waals surface area contributed by atoms with Gasteiger partial charge in [-0.3, -0.25) is 9.69 Å². The minimum absolute atomic E-state index is 0.0869. The van der Waals surface area contributed by atoms with Gasteiger partial charge in [0.2, 0.25) is 0 Å². The van der Waals surface area contributed by atoms with Gasteiger partial charge in [-0.05, 0) is 37.8 Å². The van der Waals surface area contributed by atoms with E-state index in [9.17, 15) is 9.59 Å². The average Bonchev–Trinajstić information content (AvgIpc) is 2.75. The number of benzene rings is 1. The molecule has 1 heterocycles. The van der Waals surface area contributed by atoms with Crippen molar-refractivity contribution in [3.8, 4) is 0 Å². The summed E-state index contributed by atoms with van der Waals surface area (Å²) in [6.07, 6.45) is 13.3. The van der Waals surface area contributed by atoms with Crippen molar-refractivity contribution >= 4 is 16.8 Å². The molecule has 2 aliphatic carbocycles. The number of rotatable bonds is 6. The minimum atomic E-state index is -0.509. The molecule has 0 aliphatic heterocycles. The van der Waals surface area contributed by atoms with Crippen molar-refractivity contribution in [1.29, 1.82) is 0 Å². The van der Waals surface area contributed by atoms with Crippen molar-refractivity contribution in [2.24, 2.45) is 0 Å². The number of carbonyl (C=O) groups excluding carboxylic acids is 1. The molecule has 0 saturated heterocycles. The molecule has 4 rings (SSSR count). The zero-order valence-electron chi connectivity index (χ0n) is 16.7. The van der Waals surface area contributed by atoms with Crippen LogP contribution in [0.2, 0.25) is 0 Å². The molecule has 2 saturated carbocycles. The van der Waals surface area contributed by atoms with Gasteiger partial charge in [0.15, 0.2) is 5.78 Å². The predicted molar refractivity (Wildman–Crippen MR) is 112 cm³/mol. The summed E-state index contributed by atoms with van der Waals surface area (Å²) < 4.78 is 5.36. The average molecular weight is 382 g/mol. The predicted octanol–water partition coefficient (Wildman–Crippen LogP) is 5.33. The molecule has 1 aromatic carbocycles. The molecular weight excluding hydrogens is 350 g/mol. The molecule has 0 bridgehead atoms. The number of Topliss-reactive ketones (excluding diaryl/α,β-unsaturated/α-hetero) is 1. The van der Waals surface area contributed by atoms with E-state index in [2.05, 4.69) is 4.90 Å². The van der Waals surface area contributed by atoms with Crippen molar-refractivity contribution in [2.45, 2.75) is 82.7 Å². The highest BCUT2D eigenvalue weighted by atomic mass is 16.4. The van der Waals surface area contributed by atoms with Crippen LogP contribution in [-0.2, 0) is 0 Å². The first-order valence-electron chi connectivity index (χ1n) is 11.0. The Morgan fingerprint density at radius 3 is 2.18 bits per heavy atom. The zero-order chi connectivity index (χ0) is 19.3. The smallest absolute Gasteiger partial charge is 0.347 e. The molecule has 0 radical (unpaired) electrons. The highest BCUT2D eigenvalue weighted by Gasteiger charge is 2.29. The summed E-state index contributed by atoms with van der Waals surface area (Å²) in [5, 5.41) is 0.807. The number of fused-ring (bicyclic) bond motifs is 1. The molecule has 150 valence electrons. The van der Waals surface area contributed by atoms with Crippen LogP contribution in [-0.4, -0.2) is 29.3 Å². The van der Waals surface area contributed by atoms with Crippen molar-refractivity contribution in [2.75, 3.05) is 6.54 Å². The van der Waals surface area contributed by atoms with Crippen LogP contribution in [0.5, 0.6) is 0 Å². The maximum absolute atomic E-state index is 12.9. The Morgan fingerprint density at radius 2 is 1.54 bits per heavy atom. The van der Waals surface area contributed by atoms with Crippen LogP contribution in [0, 0.1) is 0 Å². The molecular formula is C24H31NO3. The van der Waals surface area contributed by atoms with Crippen LogP contribution < -0.4 is 5.63 Å². The monoisotopic (exact) mass is 381 g/mol. The summed E-state index contributed by atoms with van der Waals surface area (Å²) in [6.45, 7) is 0.764. The van der Waals surface area contributed by atoms with E-state index in [0.717, 1.165) is 11.9 Å². The summed E-state index contributed by atoms with van der Waals surface area (Å²) in [5.74, 6) is -0.0869. The van der Waals surface area contributed by atoms with E-state index >= 15 is 0 Å². The molecule has 4 heteroatoms. The topological polar surface area (TPSA) is 50.5 Å². The van der Waals surface area contributed by atoms with E-state index in [0.29, 0.717) is 24.1 Å². The Hall–Kier alpha value is -1.94. The summed E-state index contributed by atoms with van der Waals surface area (Å²) in [5.41, 5.74) is 0.228. The fourth-order valence-electron chi connectivity index (χ4n) is 5.11. The summed E-state index contributed by atoms with van der Waals surface area (Å²) in [4.78, 5) is 27.8. The number of para-hydroxylation sites is 1. The van der Waals surface area contributed by atoms with Crippen LogP contribution in [0.4, 0.5) is 0 Å². The van der Waals surface area contributed by atoms with E-state index in [1.165, 1.54) is 64.2 Å². The summed E-state index contributed by atoms with van der Waals surface area (Å²) >= 11 is 0. The lowest BCUT2D eigenvalue weighted by Gasteiger charge is -2.41. The quantitative estimate of drug-likeness (QED) is 0.501. The Bertz CT molecular complexity index is 842.